The molecule has 2 aromatic carbocycles. The minimum Gasteiger partial charge on any atom is -0.348 e. The van der Waals surface area contributed by atoms with Gasteiger partial charge in [-0.3, -0.25) is 24.6 Å². The molecule has 3 atom stereocenters. The topological polar surface area (TPSA) is 134 Å². The third kappa shape index (κ3) is 7.95. The van der Waals surface area contributed by atoms with Gasteiger partial charge in [0.2, 0.25) is 11.8 Å². The molecule has 4 rings (SSSR count). The number of hydrogen-bond acceptors (Lipinski definition) is 7. The molecule has 2 aliphatic rings. The number of rotatable bonds is 7. The number of carbonyl (C=O) groups excluding carboxylic acids is 3. The fourth-order valence-electron chi connectivity index (χ4n) is 5.12. The van der Waals surface area contributed by atoms with Gasteiger partial charge in [-0.05, 0) is 67.4 Å². The van der Waals surface area contributed by atoms with Gasteiger partial charge in [-0.1, -0.05) is 51.1 Å². The molecule has 1 aliphatic carbocycles. The highest BCUT2D eigenvalue weighted by Gasteiger charge is 2.32. The summed E-state index contributed by atoms with van der Waals surface area (Å²) in [5.41, 5.74) is 4.37. The van der Waals surface area contributed by atoms with Crippen LogP contribution in [0, 0.1) is 15.5 Å². The zero-order chi connectivity index (χ0) is 29.4. The van der Waals surface area contributed by atoms with Crippen LogP contribution >= 0.6 is 0 Å². The van der Waals surface area contributed by atoms with E-state index >= 15 is 0 Å². The molecule has 0 aromatic heterocycles. The Morgan fingerprint density at radius 3 is 2.52 bits per heavy atom. The number of amides is 2. The monoisotopic (exact) mass is 551 g/mol. The summed E-state index contributed by atoms with van der Waals surface area (Å²) in [7, 11) is 3.59. The predicted molar refractivity (Wildman–Crippen MR) is 154 cm³/mol. The quantitative estimate of drug-likeness (QED) is 0.274. The molecule has 0 saturated heterocycles. The summed E-state index contributed by atoms with van der Waals surface area (Å²) in [4.78, 5) is 47.4. The zero-order valence-electron chi connectivity index (χ0n) is 24.0. The highest BCUT2D eigenvalue weighted by atomic mass is 16.6. The second-order valence-electron chi connectivity index (χ2n) is 11.6. The maximum Gasteiger partial charge on any atom is 0.269 e. The van der Waals surface area contributed by atoms with Crippen LogP contribution in [0.5, 0.6) is 0 Å². The van der Waals surface area contributed by atoms with Crippen molar-refractivity contribution in [3.8, 4) is 0 Å². The molecule has 0 saturated carbocycles. The normalized spacial score (nSPS) is 19.1. The molecule has 10 heteroatoms. The first-order valence-corrected chi connectivity index (χ1v) is 13.7. The number of nitro benzene ring substituents is 1. The fourth-order valence-corrected chi connectivity index (χ4v) is 5.12. The number of nitrogens with zero attached hydrogens (tertiary/aromatic N) is 2. The number of likely N-dealkylation sites (N-methyl/N-ethyl adjacent to an activating group) is 2. The standard InChI is InChI=1S/C21H23N3O3.C9H18N2O2/c1-23-13-16-11-17(24(26)27)10-9-15(16)12-20(23)21(25)22-19-8-4-6-14-5-2-3-7-18(14)19;1-9(2,3)7(6-12)11-8(13)5-10-4/h2-3,5,7,9-11,19-20H,4,6,8,12-13H2,1H3,(H,22,25);6-7,10H,5H2,1-4H3,(H,11,13). The Bertz CT molecular complexity index is 1230. The third-order valence-corrected chi connectivity index (χ3v) is 7.48. The molecule has 1 aliphatic heterocycles. The van der Waals surface area contributed by atoms with E-state index in [0.29, 0.717) is 13.0 Å². The van der Waals surface area contributed by atoms with Crippen LogP contribution in [-0.4, -0.2) is 60.6 Å². The number of non-ortho nitro benzene ring substituents is 1. The third-order valence-electron chi connectivity index (χ3n) is 7.48. The molecule has 3 N–H and O–H groups in total. The fraction of sp³-hybridized carbons (Fsp3) is 0.500. The van der Waals surface area contributed by atoms with E-state index < -0.39 is 6.04 Å². The van der Waals surface area contributed by atoms with Crippen molar-refractivity contribution in [1.29, 1.82) is 0 Å². The van der Waals surface area contributed by atoms with E-state index in [4.69, 9.17) is 0 Å². The molecule has 40 heavy (non-hydrogen) atoms. The molecule has 0 bridgehead atoms. The van der Waals surface area contributed by atoms with Crippen molar-refractivity contribution in [3.63, 3.8) is 0 Å². The first-order chi connectivity index (χ1) is 18.9. The number of hydrogen-bond donors (Lipinski definition) is 3. The molecule has 10 nitrogen and oxygen atoms in total. The van der Waals surface area contributed by atoms with E-state index in [1.54, 1.807) is 19.2 Å². The average molecular weight is 552 g/mol. The number of aryl methyl sites for hydroxylation is 1. The maximum atomic E-state index is 13.0. The largest absolute Gasteiger partial charge is 0.348 e. The minimum absolute atomic E-state index is 0.0307. The smallest absolute Gasteiger partial charge is 0.269 e. The molecule has 0 radical (unpaired) electrons. The van der Waals surface area contributed by atoms with Crippen LogP contribution in [0.3, 0.4) is 0 Å². The molecule has 2 amide bonds. The summed E-state index contributed by atoms with van der Waals surface area (Å²) in [5.74, 6) is -0.127. The van der Waals surface area contributed by atoms with Gasteiger partial charge >= 0.3 is 0 Å². The van der Waals surface area contributed by atoms with Crippen molar-refractivity contribution in [1.82, 2.24) is 20.9 Å². The van der Waals surface area contributed by atoms with Crippen LogP contribution in [0.2, 0.25) is 0 Å². The average Bonchev–Trinajstić information content (AvgIpc) is 2.91. The number of aldehydes is 1. The molecule has 2 aromatic rings. The molecule has 0 fully saturated rings. The van der Waals surface area contributed by atoms with Crippen molar-refractivity contribution in [2.24, 2.45) is 5.41 Å². The number of fused-ring (bicyclic) bond motifs is 2. The van der Waals surface area contributed by atoms with E-state index in [-0.39, 0.29) is 46.5 Å². The van der Waals surface area contributed by atoms with Crippen LogP contribution in [0.25, 0.3) is 0 Å². The van der Waals surface area contributed by atoms with Crippen LogP contribution in [0.4, 0.5) is 5.69 Å². The SMILES string of the molecule is CN1Cc2cc([N+](=O)[O-])ccc2CC1C(=O)NC1CCCc2ccccc21.CNCC(=O)NC(C=O)C(C)(C)C. The summed E-state index contributed by atoms with van der Waals surface area (Å²) in [6.07, 6.45) is 4.45. The molecular formula is C30H41N5O5. The summed E-state index contributed by atoms with van der Waals surface area (Å²) >= 11 is 0. The van der Waals surface area contributed by atoms with Crippen molar-refractivity contribution >= 4 is 23.8 Å². The first-order valence-electron chi connectivity index (χ1n) is 13.7. The summed E-state index contributed by atoms with van der Waals surface area (Å²) in [5, 5.41) is 19.6. The Morgan fingerprint density at radius 1 is 1.15 bits per heavy atom. The van der Waals surface area contributed by atoms with Crippen molar-refractivity contribution in [2.45, 2.75) is 71.1 Å². The van der Waals surface area contributed by atoms with E-state index in [2.05, 4.69) is 28.1 Å². The van der Waals surface area contributed by atoms with Gasteiger partial charge in [0.1, 0.15) is 6.29 Å². The van der Waals surface area contributed by atoms with Crippen molar-refractivity contribution in [3.05, 3.63) is 74.8 Å². The minimum atomic E-state index is -0.423. The van der Waals surface area contributed by atoms with Crippen molar-refractivity contribution in [2.75, 3.05) is 20.6 Å². The highest BCUT2D eigenvalue weighted by molar-refractivity contribution is 5.83. The number of nitrogens with one attached hydrogen (secondary N) is 3. The Hall–Kier alpha value is -3.63. The number of nitro groups is 1. The Kier molecular flexibility index (Phi) is 10.5. The van der Waals surface area contributed by atoms with Gasteiger partial charge in [0, 0.05) is 18.7 Å². The van der Waals surface area contributed by atoms with Gasteiger partial charge in [-0.25, -0.2) is 0 Å². The molecule has 0 spiro atoms. The second-order valence-corrected chi connectivity index (χ2v) is 11.6. The molecule has 1 heterocycles. The van der Waals surface area contributed by atoms with Gasteiger partial charge in [-0.15, -0.1) is 0 Å². The van der Waals surface area contributed by atoms with E-state index in [1.807, 2.05) is 44.9 Å². The second kappa shape index (κ2) is 13.6. The Morgan fingerprint density at radius 2 is 1.88 bits per heavy atom. The summed E-state index contributed by atoms with van der Waals surface area (Å²) < 4.78 is 0. The van der Waals surface area contributed by atoms with Crippen LogP contribution in [0.15, 0.2) is 42.5 Å². The van der Waals surface area contributed by atoms with E-state index in [0.717, 1.165) is 36.7 Å². The Labute approximate surface area is 236 Å². The van der Waals surface area contributed by atoms with Crippen LogP contribution in [-0.2, 0) is 33.8 Å². The van der Waals surface area contributed by atoms with Crippen molar-refractivity contribution < 1.29 is 19.3 Å². The van der Waals surface area contributed by atoms with Gasteiger partial charge in [0.15, 0.2) is 0 Å². The summed E-state index contributed by atoms with van der Waals surface area (Å²) in [6, 6.07) is 12.6. The van der Waals surface area contributed by atoms with Gasteiger partial charge in [0.25, 0.3) is 5.69 Å². The number of carbonyl (C=O) groups is 3. The van der Waals surface area contributed by atoms with Gasteiger partial charge in [-0.2, -0.15) is 0 Å². The lowest BCUT2D eigenvalue weighted by Crippen LogP contribution is -2.49. The zero-order valence-corrected chi connectivity index (χ0v) is 24.0. The summed E-state index contributed by atoms with van der Waals surface area (Å²) in [6.45, 7) is 6.50. The predicted octanol–water partition coefficient (Wildman–Crippen LogP) is 3.08. The number of benzene rings is 2. The van der Waals surface area contributed by atoms with Crippen LogP contribution in [0.1, 0.15) is 61.9 Å². The van der Waals surface area contributed by atoms with E-state index in [9.17, 15) is 24.5 Å². The maximum absolute atomic E-state index is 13.0. The lowest BCUT2D eigenvalue weighted by Gasteiger charge is -2.35. The lowest BCUT2D eigenvalue weighted by molar-refractivity contribution is -0.385. The van der Waals surface area contributed by atoms with E-state index in [1.165, 1.54) is 17.2 Å². The first kappa shape index (κ1) is 30.9. The van der Waals surface area contributed by atoms with Crippen LogP contribution < -0.4 is 16.0 Å². The highest BCUT2D eigenvalue weighted by Crippen LogP contribution is 2.31. The van der Waals surface area contributed by atoms with Gasteiger partial charge in [0.05, 0.1) is 29.6 Å². The lowest BCUT2D eigenvalue weighted by atomic mass is 9.87. The van der Waals surface area contributed by atoms with Gasteiger partial charge < -0.3 is 20.7 Å². The molecular weight excluding hydrogens is 510 g/mol. The molecule has 3 unspecified atom stereocenters. The Balaban J connectivity index is 0.000000289. The molecule has 216 valence electrons.